The van der Waals surface area contributed by atoms with Crippen molar-refractivity contribution in [3.8, 4) is 11.3 Å². The maximum atomic E-state index is 13.4. The van der Waals surface area contributed by atoms with Gasteiger partial charge in [0.25, 0.3) is 0 Å². The summed E-state index contributed by atoms with van der Waals surface area (Å²) in [6, 6.07) is 3.18. The Morgan fingerprint density at radius 3 is 2.69 bits per heavy atom. The highest BCUT2D eigenvalue weighted by molar-refractivity contribution is 7.14. The second-order valence-electron chi connectivity index (χ2n) is 6.89. The molecular weight excluding hydrogens is 400 g/mol. The Bertz CT molecular complexity index is 882. The Balaban J connectivity index is 1.56. The first-order valence-corrected chi connectivity index (χ1v) is 10.4. The molecule has 0 spiro atoms. The van der Waals surface area contributed by atoms with Gasteiger partial charge in [0.2, 0.25) is 5.91 Å². The van der Waals surface area contributed by atoms with E-state index in [0.29, 0.717) is 48.9 Å². The third-order valence-electron chi connectivity index (χ3n) is 5.03. The number of hydrogen-bond acceptors (Lipinski definition) is 6. The third kappa shape index (κ3) is 5.16. The normalized spacial score (nSPS) is 16.4. The minimum atomic E-state index is -0.944. The molecule has 156 valence electrons. The number of amides is 1. The van der Waals surface area contributed by atoms with Gasteiger partial charge in [-0.3, -0.25) is 14.5 Å². The highest BCUT2D eigenvalue weighted by Crippen LogP contribution is 2.27. The maximum absolute atomic E-state index is 13.4. The van der Waals surface area contributed by atoms with Crippen molar-refractivity contribution in [1.29, 1.82) is 0 Å². The molecule has 1 aliphatic heterocycles. The first kappa shape index (κ1) is 21.3. The van der Waals surface area contributed by atoms with Crippen LogP contribution < -0.4 is 5.32 Å². The number of thiazole rings is 1. The molecule has 1 saturated heterocycles. The minimum absolute atomic E-state index is 0.112. The molecule has 1 fully saturated rings. The molecule has 1 amide bonds. The number of nitrogens with zero attached hydrogens (tertiary/aromatic N) is 2. The standard InChI is InChI=1S/C20H23F2N3O3S/c1-3-28-19(27)13-6-8-25(9-7-13)12(2)18(26)24-20-23-17(11-29-20)14-4-5-15(21)16(22)10-14/h4-5,10-13H,3,6-9H2,1-2H3,(H,23,24,26). The molecule has 1 N–H and O–H groups in total. The molecule has 1 aromatic carbocycles. The Morgan fingerprint density at radius 1 is 1.31 bits per heavy atom. The predicted molar refractivity (Wildman–Crippen MR) is 106 cm³/mol. The fourth-order valence-electron chi connectivity index (χ4n) is 3.28. The number of halogens is 2. The largest absolute Gasteiger partial charge is 0.466 e. The van der Waals surface area contributed by atoms with E-state index in [-0.39, 0.29) is 23.8 Å². The van der Waals surface area contributed by atoms with Gasteiger partial charge < -0.3 is 10.1 Å². The van der Waals surface area contributed by atoms with E-state index in [1.807, 2.05) is 11.8 Å². The van der Waals surface area contributed by atoms with Crippen molar-refractivity contribution >= 4 is 28.3 Å². The molecule has 0 radical (unpaired) electrons. The van der Waals surface area contributed by atoms with E-state index in [1.54, 1.807) is 12.3 Å². The topological polar surface area (TPSA) is 71.5 Å². The van der Waals surface area contributed by atoms with Crippen molar-refractivity contribution in [2.75, 3.05) is 25.0 Å². The number of carbonyl (C=O) groups is 2. The number of esters is 1. The van der Waals surface area contributed by atoms with Crippen LogP contribution in [0, 0.1) is 17.6 Å². The van der Waals surface area contributed by atoms with Gasteiger partial charge in [-0.15, -0.1) is 11.3 Å². The summed E-state index contributed by atoms with van der Waals surface area (Å²) >= 11 is 1.22. The van der Waals surface area contributed by atoms with Crippen molar-refractivity contribution in [3.63, 3.8) is 0 Å². The lowest BCUT2D eigenvalue weighted by molar-refractivity contribution is -0.149. The zero-order chi connectivity index (χ0) is 21.0. The van der Waals surface area contributed by atoms with E-state index in [4.69, 9.17) is 4.74 Å². The number of nitrogens with one attached hydrogen (secondary N) is 1. The van der Waals surface area contributed by atoms with Gasteiger partial charge in [-0.1, -0.05) is 0 Å². The monoisotopic (exact) mass is 423 g/mol. The van der Waals surface area contributed by atoms with E-state index in [0.717, 1.165) is 12.1 Å². The average molecular weight is 423 g/mol. The quantitative estimate of drug-likeness (QED) is 0.718. The SMILES string of the molecule is CCOC(=O)C1CCN(C(C)C(=O)Nc2nc(-c3ccc(F)c(F)c3)cs2)CC1. The number of rotatable bonds is 6. The molecular formula is C20H23F2N3O3S. The zero-order valence-corrected chi connectivity index (χ0v) is 17.1. The summed E-state index contributed by atoms with van der Waals surface area (Å²) in [6.45, 7) is 5.24. The second-order valence-corrected chi connectivity index (χ2v) is 7.75. The number of hydrogen-bond donors (Lipinski definition) is 1. The third-order valence-corrected chi connectivity index (χ3v) is 5.78. The zero-order valence-electron chi connectivity index (χ0n) is 16.3. The second kappa shape index (κ2) is 9.41. The van der Waals surface area contributed by atoms with Crippen LogP contribution in [0.3, 0.4) is 0 Å². The minimum Gasteiger partial charge on any atom is -0.466 e. The molecule has 6 nitrogen and oxygen atoms in total. The van der Waals surface area contributed by atoms with Crippen molar-refractivity contribution in [2.24, 2.45) is 5.92 Å². The number of likely N-dealkylation sites (tertiary alicyclic amines) is 1. The number of aromatic nitrogens is 1. The lowest BCUT2D eigenvalue weighted by Crippen LogP contribution is -2.47. The average Bonchev–Trinajstić information content (AvgIpc) is 3.18. The van der Waals surface area contributed by atoms with Gasteiger partial charge in [-0.2, -0.15) is 0 Å². The smallest absolute Gasteiger partial charge is 0.309 e. The Hall–Kier alpha value is -2.39. The lowest BCUT2D eigenvalue weighted by Gasteiger charge is -2.34. The van der Waals surface area contributed by atoms with Crippen molar-refractivity contribution in [2.45, 2.75) is 32.7 Å². The van der Waals surface area contributed by atoms with E-state index in [9.17, 15) is 18.4 Å². The Labute approximate surface area is 171 Å². The van der Waals surface area contributed by atoms with E-state index in [1.165, 1.54) is 17.4 Å². The van der Waals surface area contributed by atoms with Crippen LogP contribution in [0.15, 0.2) is 23.6 Å². The van der Waals surface area contributed by atoms with Gasteiger partial charge in [0.05, 0.1) is 24.3 Å². The van der Waals surface area contributed by atoms with Crippen LogP contribution in [0.25, 0.3) is 11.3 Å². The van der Waals surface area contributed by atoms with Crippen molar-refractivity contribution in [3.05, 3.63) is 35.2 Å². The molecule has 9 heteroatoms. The maximum Gasteiger partial charge on any atom is 0.309 e. The van der Waals surface area contributed by atoms with Crippen LogP contribution in [0.4, 0.5) is 13.9 Å². The van der Waals surface area contributed by atoms with Crippen LogP contribution >= 0.6 is 11.3 Å². The number of anilines is 1. The molecule has 0 aliphatic carbocycles. The Kier molecular flexibility index (Phi) is 6.92. The van der Waals surface area contributed by atoms with Crippen LogP contribution in [-0.4, -0.2) is 47.5 Å². The molecule has 3 rings (SSSR count). The van der Waals surface area contributed by atoms with Gasteiger partial charge in [0.15, 0.2) is 16.8 Å². The van der Waals surface area contributed by atoms with Gasteiger partial charge in [-0.05, 0) is 58.0 Å². The highest BCUT2D eigenvalue weighted by atomic mass is 32.1. The van der Waals surface area contributed by atoms with E-state index in [2.05, 4.69) is 10.3 Å². The molecule has 2 aromatic rings. The van der Waals surface area contributed by atoms with Gasteiger partial charge in [-0.25, -0.2) is 13.8 Å². The fourth-order valence-corrected chi connectivity index (χ4v) is 4.00. The number of piperidine rings is 1. The van der Waals surface area contributed by atoms with E-state index < -0.39 is 11.6 Å². The first-order valence-electron chi connectivity index (χ1n) is 9.51. The van der Waals surface area contributed by atoms with Crippen molar-refractivity contribution < 1.29 is 23.1 Å². The van der Waals surface area contributed by atoms with Crippen LogP contribution in [0.5, 0.6) is 0 Å². The summed E-state index contributed by atoms with van der Waals surface area (Å²) in [5, 5.41) is 4.85. The Morgan fingerprint density at radius 2 is 2.03 bits per heavy atom. The van der Waals surface area contributed by atoms with Gasteiger partial charge >= 0.3 is 5.97 Å². The van der Waals surface area contributed by atoms with Crippen molar-refractivity contribution in [1.82, 2.24) is 9.88 Å². The summed E-state index contributed by atoms with van der Waals surface area (Å²) in [5.74, 6) is -2.35. The lowest BCUT2D eigenvalue weighted by atomic mass is 9.96. The summed E-state index contributed by atoms with van der Waals surface area (Å²) in [7, 11) is 0. The molecule has 1 atom stereocenters. The fraction of sp³-hybridized carbons (Fsp3) is 0.450. The van der Waals surface area contributed by atoms with Gasteiger partial charge in [0.1, 0.15) is 0 Å². The molecule has 0 saturated carbocycles. The molecule has 2 heterocycles. The molecule has 29 heavy (non-hydrogen) atoms. The highest BCUT2D eigenvalue weighted by Gasteiger charge is 2.30. The van der Waals surface area contributed by atoms with Crippen LogP contribution in [0.2, 0.25) is 0 Å². The molecule has 0 bridgehead atoms. The van der Waals surface area contributed by atoms with Crippen LogP contribution in [0.1, 0.15) is 26.7 Å². The number of benzene rings is 1. The summed E-state index contributed by atoms with van der Waals surface area (Å²) in [4.78, 5) is 30.7. The number of carbonyl (C=O) groups excluding carboxylic acids is 2. The summed E-state index contributed by atoms with van der Waals surface area (Å²) < 4.78 is 31.6. The molecule has 1 aliphatic rings. The summed E-state index contributed by atoms with van der Waals surface area (Å²) in [5.41, 5.74) is 0.904. The molecule has 1 aromatic heterocycles. The van der Waals surface area contributed by atoms with Gasteiger partial charge in [0, 0.05) is 10.9 Å². The first-order chi connectivity index (χ1) is 13.9. The van der Waals surface area contributed by atoms with Crippen LogP contribution in [-0.2, 0) is 14.3 Å². The summed E-state index contributed by atoms with van der Waals surface area (Å²) in [6.07, 6.45) is 1.32. The molecule has 1 unspecified atom stereocenters. The number of ether oxygens (including phenoxy) is 1. The van der Waals surface area contributed by atoms with E-state index >= 15 is 0 Å². The predicted octanol–water partition coefficient (Wildman–Crippen LogP) is 3.69.